The quantitative estimate of drug-likeness (QED) is 0.679. The Morgan fingerprint density at radius 2 is 1.93 bits per heavy atom. The number of aliphatic hydroxyl groups is 2. The van der Waals surface area contributed by atoms with Crippen LogP contribution in [0.25, 0.3) is 0 Å². The van der Waals surface area contributed by atoms with Crippen LogP contribution in [0.3, 0.4) is 0 Å². The molecule has 1 heterocycles. The van der Waals surface area contributed by atoms with Crippen LogP contribution in [-0.2, 0) is 23.8 Å². The van der Waals surface area contributed by atoms with Gasteiger partial charge in [-0.05, 0) is 24.8 Å². The normalized spacial score (nSPS) is 52.9. The first-order valence-electron chi connectivity index (χ1n) is 9.99. The van der Waals surface area contributed by atoms with Crippen molar-refractivity contribution in [1.29, 1.82) is 0 Å². The number of fused-ring (bicyclic) bond motifs is 2. The van der Waals surface area contributed by atoms with Crippen LogP contribution in [0.5, 0.6) is 0 Å². The number of esters is 1. The lowest BCUT2D eigenvalue weighted by molar-refractivity contribution is -0.329. The van der Waals surface area contributed by atoms with E-state index in [0.717, 1.165) is 0 Å². The Labute approximate surface area is 165 Å². The number of rotatable bonds is 2. The monoisotopic (exact) mass is 394 g/mol. The predicted octanol–water partition coefficient (Wildman–Crippen LogP) is 1.21. The first-order chi connectivity index (χ1) is 13.1. The molecule has 7 nitrogen and oxygen atoms in total. The van der Waals surface area contributed by atoms with Crippen molar-refractivity contribution in [2.75, 3.05) is 14.2 Å². The molecule has 0 aromatic rings. The standard InChI is InChI=1S/C21H30O7/c1-10-16(27-5)15(23)17-19(2)11(6-7-12(26-4)18(19)24)8-13-20(17,3)21(10,25)9-14(22)28-13/h7,10-11,13,15-17,23,25H,6,8-9H2,1-5H3. The lowest BCUT2D eigenvalue weighted by Crippen LogP contribution is -2.79. The zero-order chi connectivity index (χ0) is 20.6. The molecule has 0 amide bonds. The molecule has 2 saturated carbocycles. The number of Topliss-reactive ketones (excluding diaryl/α,β-unsaturated/α-hetero) is 1. The molecule has 7 heteroatoms. The maximum Gasteiger partial charge on any atom is 0.309 e. The highest BCUT2D eigenvalue weighted by Gasteiger charge is 2.77. The van der Waals surface area contributed by atoms with Crippen LogP contribution in [-0.4, -0.2) is 60.1 Å². The molecular formula is C21H30O7. The van der Waals surface area contributed by atoms with Gasteiger partial charge >= 0.3 is 5.97 Å². The van der Waals surface area contributed by atoms with Gasteiger partial charge in [-0.25, -0.2) is 0 Å². The van der Waals surface area contributed by atoms with Gasteiger partial charge in [-0.2, -0.15) is 0 Å². The molecule has 3 aliphatic carbocycles. The van der Waals surface area contributed by atoms with E-state index in [1.54, 1.807) is 13.0 Å². The first kappa shape index (κ1) is 19.9. The van der Waals surface area contributed by atoms with E-state index in [1.165, 1.54) is 14.2 Å². The third kappa shape index (κ3) is 2.05. The van der Waals surface area contributed by atoms with Gasteiger partial charge in [0.1, 0.15) is 6.10 Å². The van der Waals surface area contributed by atoms with Gasteiger partial charge in [0.05, 0.1) is 31.3 Å². The molecule has 3 fully saturated rings. The molecule has 28 heavy (non-hydrogen) atoms. The number of allylic oxidation sites excluding steroid dienone is 2. The number of hydrogen-bond donors (Lipinski definition) is 2. The van der Waals surface area contributed by atoms with Crippen molar-refractivity contribution in [3.05, 3.63) is 11.8 Å². The fourth-order valence-electron chi connectivity index (χ4n) is 7.07. The van der Waals surface area contributed by atoms with Crippen molar-refractivity contribution in [2.45, 2.75) is 63.9 Å². The average Bonchev–Trinajstić information content (AvgIpc) is 2.63. The molecule has 1 saturated heterocycles. The molecular weight excluding hydrogens is 364 g/mol. The summed E-state index contributed by atoms with van der Waals surface area (Å²) in [4.78, 5) is 25.9. The fraction of sp³-hybridized carbons (Fsp3) is 0.810. The van der Waals surface area contributed by atoms with Gasteiger partial charge in [0.2, 0.25) is 5.78 Å². The summed E-state index contributed by atoms with van der Waals surface area (Å²) in [5, 5.41) is 23.3. The zero-order valence-electron chi connectivity index (χ0n) is 17.1. The van der Waals surface area contributed by atoms with Gasteiger partial charge in [-0.15, -0.1) is 0 Å². The van der Waals surface area contributed by atoms with Crippen LogP contribution in [0.1, 0.15) is 40.0 Å². The lowest BCUT2D eigenvalue weighted by Gasteiger charge is -2.70. The largest absolute Gasteiger partial charge is 0.493 e. The molecule has 4 rings (SSSR count). The van der Waals surface area contributed by atoms with Gasteiger partial charge in [0.15, 0.2) is 5.76 Å². The highest BCUT2D eigenvalue weighted by Crippen LogP contribution is 2.68. The van der Waals surface area contributed by atoms with E-state index < -0.39 is 52.5 Å². The number of hydrogen-bond acceptors (Lipinski definition) is 7. The molecule has 0 spiro atoms. The predicted molar refractivity (Wildman–Crippen MR) is 97.9 cm³/mol. The Kier molecular flexibility index (Phi) is 4.28. The Balaban J connectivity index is 1.95. The van der Waals surface area contributed by atoms with E-state index in [4.69, 9.17) is 14.2 Å². The molecule has 0 radical (unpaired) electrons. The minimum Gasteiger partial charge on any atom is -0.493 e. The van der Waals surface area contributed by atoms with E-state index >= 15 is 0 Å². The average molecular weight is 394 g/mol. The van der Waals surface area contributed by atoms with E-state index in [0.29, 0.717) is 12.8 Å². The second-order valence-electron chi connectivity index (χ2n) is 9.37. The SMILES string of the molecule is COC1=CCC2CC3OC(=O)CC4(O)C(C)C(OC)C(O)C(C2(C)C1=O)C34C. The van der Waals surface area contributed by atoms with Crippen molar-refractivity contribution < 1.29 is 34.0 Å². The molecule has 9 unspecified atom stereocenters. The van der Waals surface area contributed by atoms with Crippen molar-refractivity contribution in [1.82, 2.24) is 0 Å². The third-order valence-electron chi connectivity index (χ3n) is 8.65. The van der Waals surface area contributed by atoms with Gasteiger partial charge < -0.3 is 24.4 Å². The lowest BCUT2D eigenvalue weighted by atomic mass is 9.37. The van der Waals surface area contributed by atoms with Crippen LogP contribution in [0.2, 0.25) is 0 Å². The second-order valence-corrected chi connectivity index (χ2v) is 9.37. The second kappa shape index (κ2) is 6.03. The Morgan fingerprint density at radius 3 is 2.54 bits per heavy atom. The van der Waals surface area contributed by atoms with Crippen molar-refractivity contribution >= 4 is 11.8 Å². The maximum absolute atomic E-state index is 13.5. The number of aliphatic hydroxyl groups excluding tert-OH is 1. The molecule has 2 N–H and O–H groups in total. The zero-order valence-corrected chi connectivity index (χ0v) is 17.1. The van der Waals surface area contributed by atoms with Gasteiger partial charge in [0, 0.05) is 29.8 Å². The van der Waals surface area contributed by atoms with Crippen LogP contribution in [0, 0.1) is 28.6 Å². The number of ether oxygens (including phenoxy) is 3. The summed E-state index contributed by atoms with van der Waals surface area (Å²) in [7, 11) is 2.96. The fourth-order valence-corrected chi connectivity index (χ4v) is 7.07. The summed E-state index contributed by atoms with van der Waals surface area (Å²) >= 11 is 0. The minimum absolute atomic E-state index is 0.127. The first-order valence-corrected chi connectivity index (χ1v) is 9.99. The number of carbonyl (C=O) groups excluding carboxylic acids is 2. The van der Waals surface area contributed by atoms with Crippen molar-refractivity contribution in [3.63, 3.8) is 0 Å². The Hall–Kier alpha value is -1.44. The van der Waals surface area contributed by atoms with Crippen LogP contribution in [0.15, 0.2) is 11.8 Å². The van der Waals surface area contributed by atoms with Gasteiger partial charge in [-0.3, -0.25) is 9.59 Å². The highest BCUT2D eigenvalue weighted by atomic mass is 16.6. The molecule has 0 aromatic carbocycles. The Morgan fingerprint density at radius 1 is 1.25 bits per heavy atom. The maximum atomic E-state index is 13.5. The van der Waals surface area contributed by atoms with Crippen LogP contribution < -0.4 is 0 Å². The molecule has 4 aliphatic rings. The number of carbonyl (C=O) groups is 2. The summed E-state index contributed by atoms with van der Waals surface area (Å²) < 4.78 is 16.7. The van der Waals surface area contributed by atoms with Crippen molar-refractivity contribution in [2.24, 2.45) is 28.6 Å². The smallest absolute Gasteiger partial charge is 0.309 e. The van der Waals surface area contributed by atoms with Gasteiger partial charge in [-0.1, -0.05) is 20.8 Å². The summed E-state index contributed by atoms with van der Waals surface area (Å²) in [6.07, 6.45) is 0.402. The molecule has 0 bridgehead atoms. The van der Waals surface area contributed by atoms with E-state index in [-0.39, 0.29) is 23.9 Å². The van der Waals surface area contributed by atoms with E-state index in [9.17, 15) is 19.8 Å². The molecule has 1 aliphatic heterocycles. The molecule has 156 valence electrons. The number of ketones is 1. The summed E-state index contributed by atoms with van der Waals surface area (Å²) in [5.41, 5.74) is -3.38. The van der Waals surface area contributed by atoms with Crippen LogP contribution in [0.4, 0.5) is 0 Å². The number of methoxy groups -OCH3 is 2. The molecule has 9 atom stereocenters. The summed E-state index contributed by atoms with van der Waals surface area (Å²) in [5.74, 6) is -1.59. The van der Waals surface area contributed by atoms with E-state index in [2.05, 4.69) is 0 Å². The highest BCUT2D eigenvalue weighted by molar-refractivity contribution is 5.99. The van der Waals surface area contributed by atoms with Gasteiger partial charge in [0.25, 0.3) is 0 Å². The molecule has 0 aromatic heterocycles. The Bertz CT molecular complexity index is 747. The summed E-state index contributed by atoms with van der Waals surface area (Å²) in [6.45, 7) is 5.52. The summed E-state index contributed by atoms with van der Waals surface area (Å²) in [6, 6.07) is 0. The third-order valence-corrected chi connectivity index (χ3v) is 8.65. The van der Waals surface area contributed by atoms with Crippen LogP contribution >= 0.6 is 0 Å². The van der Waals surface area contributed by atoms with Crippen molar-refractivity contribution in [3.8, 4) is 0 Å². The minimum atomic E-state index is -1.44. The van der Waals surface area contributed by atoms with E-state index in [1.807, 2.05) is 13.8 Å². The topological polar surface area (TPSA) is 102 Å².